The molecule has 0 aromatic heterocycles. The van der Waals surface area contributed by atoms with Gasteiger partial charge in [-0.15, -0.1) is 0 Å². The molecule has 2 aromatic carbocycles. The Balaban J connectivity index is 1.25. The Labute approximate surface area is 197 Å². The first-order chi connectivity index (χ1) is 16.0. The van der Waals surface area contributed by atoms with Gasteiger partial charge in [0.25, 0.3) is 5.91 Å². The molecular weight excluding hydrogens is 412 g/mol. The molecule has 2 aliphatic rings. The maximum absolute atomic E-state index is 13.0. The molecule has 0 saturated carbocycles. The number of urea groups is 1. The van der Waals surface area contributed by atoms with Crippen LogP contribution >= 0.6 is 0 Å². The van der Waals surface area contributed by atoms with Gasteiger partial charge in [0.05, 0.1) is 0 Å². The number of carbonyl (C=O) groups excluding carboxylic acids is 2. The van der Waals surface area contributed by atoms with E-state index in [1.807, 2.05) is 28.9 Å². The predicted octanol–water partition coefficient (Wildman–Crippen LogP) is 3.94. The van der Waals surface area contributed by atoms with Crippen molar-refractivity contribution in [3.05, 3.63) is 65.2 Å². The van der Waals surface area contributed by atoms with E-state index in [-0.39, 0.29) is 11.9 Å². The van der Waals surface area contributed by atoms with Gasteiger partial charge in [-0.2, -0.15) is 0 Å². The van der Waals surface area contributed by atoms with Crippen LogP contribution in [0.3, 0.4) is 0 Å². The first-order valence-corrected chi connectivity index (χ1v) is 12.3. The van der Waals surface area contributed by atoms with Gasteiger partial charge >= 0.3 is 6.03 Å². The third kappa shape index (κ3) is 5.86. The van der Waals surface area contributed by atoms with Crippen LogP contribution in [0.15, 0.2) is 48.5 Å². The van der Waals surface area contributed by atoms with Crippen LogP contribution in [0.25, 0.3) is 0 Å². The number of anilines is 1. The lowest BCUT2D eigenvalue weighted by Crippen LogP contribution is -2.48. The van der Waals surface area contributed by atoms with Crippen molar-refractivity contribution in [1.82, 2.24) is 15.1 Å². The van der Waals surface area contributed by atoms with Crippen molar-refractivity contribution in [2.45, 2.75) is 33.1 Å². The van der Waals surface area contributed by atoms with E-state index in [0.29, 0.717) is 12.5 Å². The molecule has 4 rings (SSSR count). The fourth-order valence-electron chi connectivity index (χ4n) is 4.89. The molecule has 176 valence electrons. The second kappa shape index (κ2) is 10.7. The number of aryl methyl sites for hydroxylation is 1. The molecule has 0 spiro atoms. The zero-order valence-electron chi connectivity index (χ0n) is 19.9. The lowest BCUT2D eigenvalue weighted by molar-refractivity contribution is 0.0746. The van der Waals surface area contributed by atoms with Crippen LogP contribution in [0.5, 0.6) is 0 Å². The van der Waals surface area contributed by atoms with E-state index < -0.39 is 0 Å². The van der Waals surface area contributed by atoms with Crippen LogP contribution in [0.2, 0.25) is 0 Å². The normalized spacial score (nSPS) is 17.2. The van der Waals surface area contributed by atoms with E-state index in [1.165, 1.54) is 16.8 Å². The fraction of sp³-hybridized carbons (Fsp3) is 0.481. The molecule has 2 aliphatic heterocycles. The quantitative estimate of drug-likeness (QED) is 0.754. The Hall–Kier alpha value is -3.02. The number of benzene rings is 2. The van der Waals surface area contributed by atoms with Crippen molar-refractivity contribution in [2.75, 3.05) is 50.7 Å². The summed E-state index contributed by atoms with van der Waals surface area (Å²) in [6, 6.07) is 16.8. The predicted molar refractivity (Wildman–Crippen MR) is 133 cm³/mol. The average molecular weight is 449 g/mol. The van der Waals surface area contributed by atoms with Crippen molar-refractivity contribution in [2.24, 2.45) is 5.92 Å². The van der Waals surface area contributed by atoms with Gasteiger partial charge in [0.2, 0.25) is 0 Å². The molecule has 0 aliphatic carbocycles. The van der Waals surface area contributed by atoms with Crippen molar-refractivity contribution in [3.8, 4) is 0 Å². The summed E-state index contributed by atoms with van der Waals surface area (Å²) in [6.45, 7) is 9.60. The number of amides is 3. The molecule has 2 fully saturated rings. The van der Waals surface area contributed by atoms with Crippen LogP contribution in [-0.2, 0) is 6.42 Å². The number of piperidine rings is 1. The second-order valence-corrected chi connectivity index (χ2v) is 9.29. The van der Waals surface area contributed by atoms with E-state index in [2.05, 4.69) is 53.5 Å². The topological polar surface area (TPSA) is 55.9 Å². The van der Waals surface area contributed by atoms with Crippen molar-refractivity contribution in [1.29, 1.82) is 0 Å². The van der Waals surface area contributed by atoms with E-state index >= 15 is 0 Å². The molecular formula is C27H36N4O2. The molecule has 3 amide bonds. The van der Waals surface area contributed by atoms with Gasteiger partial charge in [-0.1, -0.05) is 24.3 Å². The number of hydrogen-bond acceptors (Lipinski definition) is 3. The van der Waals surface area contributed by atoms with Crippen molar-refractivity contribution >= 4 is 17.6 Å². The summed E-state index contributed by atoms with van der Waals surface area (Å²) in [4.78, 5) is 31.2. The van der Waals surface area contributed by atoms with Gasteiger partial charge in [-0.05, 0) is 74.4 Å². The minimum Gasteiger partial charge on any atom is -0.368 e. The maximum Gasteiger partial charge on any atom is 0.317 e. The summed E-state index contributed by atoms with van der Waals surface area (Å²) in [6.07, 6.45) is 3.07. The smallest absolute Gasteiger partial charge is 0.317 e. The molecule has 6 nitrogen and oxygen atoms in total. The highest BCUT2D eigenvalue weighted by atomic mass is 16.2. The average Bonchev–Trinajstić information content (AvgIpc) is 2.85. The van der Waals surface area contributed by atoms with Gasteiger partial charge < -0.3 is 20.0 Å². The van der Waals surface area contributed by atoms with Crippen molar-refractivity contribution < 1.29 is 9.59 Å². The minimum atomic E-state index is 0.0542. The Kier molecular flexibility index (Phi) is 7.53. The molecule has 0 radical (unpaired) electrons. The number of hydrogen-bond donors (Lipinski definition) is 1. The summed E-state index contributed by atoms with van der Waals surface area (Å²) in [5, 5.41) is 2.88. The lowest BCUT2D eigenvalue weighted by atomic mass is 9.90. The first kappa shape index (κ1) is 23.1. The van der Waals surface area contributed by atoms with E-state index in [9.17, 15) is 9.59 Å². The maximum atomic E-state index is 13.0. The third-order valence-electron chi connectivity index (χ3n) is 6.89. The first-order valence-electron chi connectivity index (χ1n) is 12.3. The van der Waals surface area contributed by atoms with Gasteiger partial charge in [0.1, 0.15) is 0 Å². The standard InChI is InChI=1S/C27H36N4O2/c1-3-28-27(33)31-13-11-23(12-14-31)20-22-7-9-24(10-8-22)26(32)30-17-15-29(16-18-30)25-6-4-5-21(2)19-25/h4-10,19,23H,3,11-18,20H2,1-2H3,(H,28,33). The largest absolute Gasteiger partial charge is 0.368 e. The third-order valence-corrected chi connectivity index (χ3v) is 6.89. The number of rotatable bonds is 5. The van der Waals surface area contributed by atoms with Crippen LogP contribution in [0.4, 0.5) is 10.5 Å². The van der Waals surface area contributed by atoms with Gasteiger partial charge in [-0.3, -0.25) is 4.79 Å². The number of piperazine rings is 1. The van der Waals surface area contributed by atoms with Gasteiger partial charge in [0, 0.05) is 57.1 Å². The summed E-state index contributed by atoms with van der Waals surface area (Å²) in [7, 11) is 0. The Morgan fingerprint density at radius 2 is 1.61 bits per heavy atom. The Bertz CT molecular complexity index is 943. The molecule has 2 heterocycles. The highest BCUT2D eigenvalue weighted by Crippen LogP contribution is 2.23. The van der Waals surface area contributed by atoms with Crippen LogP contribution in [0, 0.1) is 12.8 Å². The van der Waals surface area contributed by atoms with Gasteiger partial charge in [-0.25, -0.2) is 4.79 Å². The van der Waals surface area contributed by atoms with Crippen LogP contribution in [0.1, 0.15) is 41.3 Å². The number of carbonyl (C=O) groups is 2. The Morgan fingerprint density at radius 1 is 0.909 bits per heavy atom. The molecule has 33 heavy (non-hydrogen) atoms. The summed E-state index contributed by atoms with van der Waals surface area (Å²) in [5.41, 5.74) is 4.54. The summed E-state index contributed by atoms with van der Waals surface area (Å²) < 4.78 is 0. The van der Waals surface area contributed by atoms with E-state index in [0.717, 1.165) is 64.1 Å². The van der Waals surface area contributed by atoms with Crippen molar-refractivity contribution in [3.63, 3.8) is 0 Å². The Morgan fingerprint density at radius 3 is 2.24 bits per heavy atom. The van der Waals surface area contributed by atoms with E-state index in [1.54, 1.807) is 0 Å². The highest BCUT2D eigenvalue weighted by molar-refractivity contribution is 5.94. The molecule has 0 unspecified atom stereocenters. The SMILES string of the molecule is CCNC(=O)N1CCC(Cc2ccc(C(=O)N3CCN(c4cccc(C)c4)CC3)cc2)CC1. The second-order valence-electron chi connectivity index (χ2n) is 9.29. The molecule has 0 atom stereocenters. The molecule has 1 N–H and O–H groups in total. The summed E-state index contributed by atoms with van der Waals surface area (Å²) >= 11 is 0. The zero-order valence-corrected chi connectivity index (χ0v) is 19.9. The number of likely N-dealkylation sites (tertiary alicyclic amines) is 1. The fourth-order valence-corrected chi connectivity index (χ4v) is 4.89. The molecule has 2 aromatic rings. The summed E-state index contributed by atoms with van der Waals surface area (Å²) in [5.74, 6) is 0.715. The number of nitrogens with one attached hydrogen (secondary N) is 1. The monoisotopic (exact) mass is 448 g/mol. The molecule has 2 saturated heterocycles. The number of nitrogens with zero attached hydrogens (tertiary/aromatic N) is 3. The minimum absolute atomic E-state index is 0.0542. The highest BCUT2D eigenvalue weighted by Gasteiger charge is 2.24. The van der Waals surface area contributed by atoms with E-state index in [4.69, 9.17) is 0 Å². The van der Waals surface area contributed by atoms with Gasteiger partial charge in [0.15, 0.2) is 0 Å². The van der Waals surface area contributed by atoms with Crippen LogP contribution in [-0.4, -0.2) is 67.6 Å². The zero-order chi connectivity index (χ0) is 23.2. The lowest BCUT2D eigenvalue weighted by Gasteiger charge is -2.36. The molecule has 6 heteroatoms. The molecule has 0 bridgehead atoms. The van der Waals surface area contributed by atoms with Crippen LogP contribution < -0.4 is 10.2 Å².